The molecule has 2 N–H and O–H groups in total. The summed E-state index contributed by atoms with van der Waals surface area (Å²) >= 11 is 0. The predicted octanol–water partition coefficient (Wildman–Crippen LogP) is 4.75. The first-order valence-electron chi connectivity index (χ1n) is 8.66. The van der Waals surface area contributed by atoms with Gasteiger partial charge in [0, 0.05) is 18.4 Å². The van der Waals surface area contributed by atoms with Gasteiger partial charge in [-0.25, -0.2) is 9.97 Å². The molecule has 2 rings (SSSR count). The molecule has 0 spiro atoms. The molecule has 2 unspecified atom stereocenters. The summed E-state index contributed by atoms with van der Waals surface area (Å²) in [6.45, 7) is 3.52. The molecule has 0 amide bonds. The number of nitrogens with one attached hydrogen (secondary N) is 1. The fourth-order valence-electron chi connectivity index (χ4n) is 2.92. The molecule has 0 aliphatic carbocycles. The normalized spacial score (nSPS) is 13.8. The van der Waals surface area contributed by atoms with Crippen LogP contribution in [-0.4, -0.2) is 34.3 Å². The third kappa shape index (κ3) is 5.41. The van der Waals surface area contributed by atoms with Crippen molar-refractivity contribution >= 4 is 17.3 Å². The Bertz CT molecular complexity index is 810. The molecule has 1 aromatic heterocycles. The van der Waals surface area contributed by atoms with Crippen LogP contribution >= 0.6 is 0 Å². The zero-order valence-electron chi connectivity index (χ0n) is 15.7. The van der Waals surface area contributed by atoms with Crippen LogP contribution in [0, 0.1) is 6.92 Å². The van der Waals surface area contributed by atoms with E-state index >= 15 is 0 Å². The quantitative estimate of drug-likeness (QED) is 0.669. The van der Waals surface area contributed by atoms with Crippen molar-refractivity contribution in [2.75, 3.05) is 12.4 Å². The lowest BCUT2D eigenvalue weighted by molar-refractivity contribution is -0.215. The van der Waals surface area contributed by atoms with Crippen molar-refractivity contribution in [3.63, 3.8) is 0 Å². The Labute approximate surface area is 160 Å². The molecule has 9 heteroatoms. The van der Waals surface area contributed by atoms with Gasteiger partial charge in [-0.05, 0) is 30.9 Å². The van der Waals surface area contributed by atoms with Crippen LogP contribution in [0.1, 0.15) is 48.7 Å². The van der Waals surface area contributed by atoms with E-state index in [0.717, 1.165) is 7.11 Å². The number of rotatable bonds is 8. The largest absolute Gasteiger partial charge is 0.481 e. The monoisotopic (exact) mass is 397 g/mol. The van der Waals surface area contributed by atoms with Crippen molar-refractivity contribution in [3.8, 4) is 0 Å². The summed E-state index contributed by atoms with van der Waals surface area (Å²) in [5.74, 6) is -0.771. The van der Waals surface area contributed by atoms with Gasteiger partial charge in [-0.3, -0.25) is 4.79 Å². The maximum Gasteiger partial charge on any atom is 0.418 e. The highest BCUT2D eigenvalue weighted by molar-refractivity contribution is 5.69. The van der Waals surface area contributed by atoms with Crippen LogP contribution in [0.2, 0.25) is 0 Å². The molecule has 0 saturated heterocycles. The summed E-state index contributed by atoms with van der Waals surface area (Å²) in [7, 11) is 0.990. The van der Waals surface area contributed by atoms with E-state index < -0.39 is 18.2 Å². The van der Waals surface area contributed by atoms with Gasteiger partial charge < -0.3 is 15.2 Å². The summed E-state index contributed by atoms with van der Waals surface area (Å²) in [5, 5.41) is 12.0. The Kier molecular flexibility index (Phi) is 6.95. The van der Waals surface area contributed by atoms with Crippen molar-refractivity contribution in [1.29, 1.82) is 0 Å². The molecule has 0 aliphatic rings. The van der Waals surface area contributed by atoms with E-state index in [1.807, 2.05) is 6.92 Å². The van der Waals surface area contributed by atoms with Crippen LogP contribution in [0.25, 0.3) is 0 Å². The minimum Gasteiger partial charge on any atom is -0.481 e. The molecule has 0 fully saturated rings. The first-order chi connectivity index (χ1) is 13.2. The van der Waals surface area contributed by atoms with Crippen LogP contribution in [0.5, 0.6) is 0 Å². The highest BCUT2D eigenvalue weighted by Gasteiger charge is 2.42. The average Bonchev–Trinajstić information content (AvgIpc) is 2.62. The van der Waals surface area contributed by atoms with E-state index in [-0.39, 0.29) is 23.6 Å². The molecule has 1 aromatic carbocycles. The van der Waals surface area contributed by atoms with Crippen molar-refractivity contribution in [3.05, 3.63) is 47.5 Å². The number of carbonyl (C=O) groups is 1. The number of carboxylic acids is 1. The number of methoxy groups -OCH3 is 1. The number of benzene rings is 1. The Balaban J connectivity index is 2.51. The molecule has 6 nitrogen and oxygen atoms in total. The van der Waals surface area contributed by atoms with E-state index in [0.29, 0.717) is 23.5 Å². The Morgan fingerprint density at radius 3 is 2.43 bits per heavy atom. The minimum atomic E-state index is -4.61. The number of ether oxygens (including phenoxy) is 1. The van der Waals surface area contributed by atoms with E-state index in [4.69, 9.17) is 9.84 Å². The predicted molar refractivity (Wildman–Crippen MR) is 97.6 cm³/mol. The smallest absolute Gasteiger partial charge is 0.418 e. The van der Waals surface area contributed by atoms with E-state index in [9.17, 15) is 18.0 Å². The van der Waals surface area contributed by atoms with Gasteiger partial charge in [0.05, 0.1) is 24.5 Å². The van der Waals surface area contributed by atoms with E-state index in [1.165, 1.54) is 30.6 Å². The van der Waals surface area contributed by atoms with Crippen LogP contribution in [0.4, 0.5) is 24.5 Å². The highest BCUT2D eigenvalue weighted by Crippen LogP contribution is 2.41. The summed E-state index contributed by atoms with van der Waals surface area (Å²) < 4.78 is 45.0. The summed E-state index contributed by atoms with van der Waals surface area (Å²) in [6, 6.07) is 4.37. The minimum absolute atomic E-state index is 0.107. The molecule has 0 bridgehead atoms. The molecule has 28 heavy (non-hydrogen) atoms. The second-order valence-electron chi connectivity index (χ2n) is 6.35. The zero-order valence-corrected chi connectivity index (χ0v) is 15.7. The average molecular weight is 397 g/mol. The standard InChI is InChI=1S/C19H22F3N3O3/c1-4-12(8-17(26)27)13-5-6-15(18(28-3)19(20,21)22)16(7-13)25-14-9-23-11(2)24-10-14/h5-7,9-10,12,18,25H,4,8H2,1-3H3,(H,26,27). The fraction of sp³-hybridized carbons (Fsp3) is 0.421. The lowest BCUT2D eigenvalue weighted by Gasteiger charge is -2.24. The van der Waals surface area contributed by atoms with Gasteiger partial charge in [-0.1, -0.05) is 19.1 Å². The molecule has 0 radical (unpaired) electrons. The van der Waals surface area contributed by atoms with E-state index in [2.05, 4.69) is 15.3 Å². The number of hydrogen-bond donors (Lipinski definition) is 2. The lowest BCUT2D eigenvalue weighted by Crippen LogP contribution is -2.23. The van der Waals surface area contributed by atoms with Gasteiger partial charge in [0.25, 0.3) is 0 Å². The number of carboxylic acid groups (broad SMARTS) is 1. The zero-order chi connectivity index (χ0) is 20.9. The second-order valence-corrected chi connectivity index (χ2v) is 6.35. The third-order valence-electron chi connectivity index (χ3n) is 4.34. The van der Waals surface area contributed by atoms with Crippen molar-refractivity contribution in [1.82, 2.24) is 9.97 Å². The van der Waals surface area contributed by atoms with Crippen molar-refractivity contribution in [2.45, 2.75) is 44.9 Å². The number of hydrogen-bond acceptors (Lipinski definition) is 5. The number of aromatic nitrogens is 2. The summed E-state index contributed by atoms with van der Waals surface area (Å²) in [4.78, 5) is 19.2. The van der Waals surface area contributed by atoms with Gasteiger partial charge in [0.1, 0.15) is 5.82 Å². The Morgan fingerprint density at radius 2 is 1.93 bits per heavy atom. The van der Waals surface area contributed by atoms with Gasteiger partial charge in [0.15, 0.2) is 6.10 Å². The maximum atomic E-state index is 13.4. The van der Waals surface area contributed by atoms with Crippen LogP contribution in [0.3, 0.4) is 0 Å². The first kappa shape index (κ1) is 21.6. The molecule has 2 atom stereocenters. The molecule has 0 saturated carbocycles. The van der Waals surface area contributed by atoms with Crippen LogP contribution in [-0.2, 0) is 9.53 Å². The number of halogens is 3. The van der Waals surface area contributed by atoms with Crippen molar-refractivity contribution < 1.29 is 27.8 Å². The first-order valence-corrected chi connectivity index (χ1v) is 8.66. The topological polar surface area (TPSA) is 84.3 Å². The molecular formula is C19H22F3N3O3. The van der Waals surface area contributed by atoms with Gasteiger partial charge >= 0.3 is 12.1 Å². The number of nitrogens with zero attached hydrogens (tertiary/aromatic N) is 2. The summed E-state index contributed by atoms with van der Waals surface area (Å²) in [5.41, 5.74) is 1.09. The highest BCUT2D eigenvalue weighted by atomic mass is 19.4. The third-order valence-corrected chi connectivity index (χ3v) is 4.34. The summed E-state index contributed by atoms with van der Waals surface area (Å²) in [6.07, 6.45) is -3.40. The molecule has 0 aliphatic heterocycles. The maximum absolute atomic E-state index is 13.4. The lowest BCUT2D eigenvalue weighted by atomic mass is 9.91. The van der Waals surface area contributed by atoms with E-state index in [1.54, 1.807) is 6.92 Å². The second kappa shape index (κ2) is 9.01. The number of alkyl halides is 3. The molecule has 152 valence electrons. The Hall–Kier alpha value is -2.68. The van der Waals surface area contributed by atoms with Gasteiger partial charge in [-0.2, -0.15) is 13.2 Å². The molecule has 1 heterocycles. The van der Waals surface area contributed by atoms with Crippen LogP contribution < -0.4 is 5.32 Å². The molecule has 2 aromatic rings. The van der Waals surface area contributed by atoms with Crippen LogP contribution in [0.15, 0.2) is 30.6 Å². The number of anilines is 2. The number of aliphatic carboxylic acids is 1. The van der Waals surface area contributed by atoms with Gasteiger partial charge in [-0.15, -0.1) is 0 Å². The fourth-order valence-corrected chi connectivity index (χ4v) is 2.92. The van der Waals surface area contributed by atoms with Crippen molar-refractivity contribution in [2.24, 2.45) is 0 Å². The number of aryl methyl sites for hydroxylation is 1. The molecular weight excluding hydrogens is 375 g/mol. The van der Waals surface area contributed by atoms with Gasteiger partial charge in [0.2, 0.25) is 0 Å². The Morgan fingerprint density at radius 1 is 1.29 bits per heavy atom. The SMILES string of the molecule is CCC(CC(=O)O)c1ccc(C(OC)C(F)(F)F)c(Nc2cnc(C)nc2)c1.